The van der Waals surface area contributed by atoms with Gasteiger partial charge < -0.3 is 25.2 Å². The van der Waals surface area contributed by atoms with Gasteiger partial charge in [0, 0.05) is 35.6 Å². The zero-order valence-electron chi connectivity index (χ0n) is 21.9. The molecule has 0 aliphatic carbocycles. The molecule has 0 saturated heterocycles. The number of hydrogen-bond acceptors (Lipinski definition) is 2. The van der Waals surface area contributed by atoms with Crippen LogP contribution < -0.4 is 0 Å². The molecule has 3 heterocycles. The van der Waals surface area contributed by atoms with E-state index in [4.69, 9.17) is 0 Å². The maximum absolute atomic E-state index is 11.8. The Bertz CT molecular complexity index is 1130. The smallest absolute Gasteiger partial charge is 0.352 e. The standard InChI is InChI=1S/C28H39N3O4/c1-7-15-16(8-2)22(14-24-18(10-4)20(12-6)26(31-24)28(34)35)29-21(15)13-23-17(9-3)19(11-5)25(30-23)27(32)33/h29-31H,7-14H2,1-6H3,(H,32,33)(H,34,35). The second-order valence-electron chi connectivity index (χ2n) is 9.00. The minimum absolute atomic E-state index is 0.298. The lowest BCUT2D eigenvalue weighted by Gasteiger charge is -2.07. The highest BCUT2D eigenvalue weighted by atomic mass is 16.4. The molecule has 35 heavy (non-hydrogen) atoms. The van der Waals surface area contributed by atoms with Gasteiger partial charge in [-0.1, -0.05) is 41.5 Å². The van der Waals surface area contributed by atoms with Gasteiger partial charge in [-0.15, -0.1) is 0 Å². The molecule has 0 aromatic carbocycles. The number of H-pyrrole nitrogens is 3. The maximum atomic E-state index is 11.8. The summed E-state index contributed by atoms with van der Waals surface area (Å²) in [6.07, 6.45) is 5.88. The highest BCUT2D eigenvalue weighted by molar-refractivity contribution is 5.88. The van der Waals surface area contributed by atoms with Gasteiger partial charge in [-0.2, -0.15) is 0 Å². The third-order valence-electron chi connectivity index (χ3n) is 7.26. The summed E-state index contributed by atoms with van der Waals surface area (Å²) < 4.78 is 0. The van der Waals surface area contributed by atoms with Gasteiger partial charge in [0.05, 0.1) is 0 Å². The maximum Gasteiger partial charge on any atom is 0.352 e. The molecular formula is C28H39N3O4. The monoisotopic (exact) mass is 481 g/mol. The summed E-state index contributed by atoms with van der Waals surface area (Å²) in [4.78, 5) is 33.7. The van der Waals surface area contributed by atoms with Crippen molar-refractivity contribution < 1.29 is 19.8 Å². The number of nitrogens with one attached hydrogen (secondary N) is 3. The third kappa shape index (κ3) is 4.81. The number of carboxylic acids is 2. The van der Waals surface area contributed by atoms with Crippen molar-refractivity contribution in [3.05, 3.63) is 67.5 Å². The topological polar surface area (TPSA) is 122 Å². The average Bonchev–Trinajstić information content (AvgIpc) is 3.49. The van der Waals surface area contributed by atoms with Crippen molar-refractivity contribution in [2.45, 2.75) is 92.9 Å². The first-order chi connectivity index (χ1) is 16.8. The summed E-state index contributed by atoms with van der Waals surface area (Å²) in [5.74, 6) is -1.83. The first-order valence-electron chi connectivity index (χ1n) is 12.9. The predicted molar refractivity (Wildman–Crippen MR) is 138 cm³/mol. The zero-order chi connectivity index (χ0) is 25.9. The third-order valence-corrected chi connectivity index (χ3v) is 7.26. The van der Waals surface area contributed by atoms with Crippen molar-refractivity contribution in [1.82, 2.24) is 15.0 Å². The summed E-state index contributed by atoms with van der Waals surface area (Å²) in [5, 5.41) is 19.4. The van der Waals surface area contributed by atoms with Crippen LogP contribution in [0, 0.1) is 0 Å². The van der Waals surface area contributed by atoms with Crippen LogP contribution in [0.5, 0.6) is 0 Å². The molecule has 5 N–H and O–H groups in total. The number of carboxylic acid groups (broad SMARTS) is 2. The van der Waals surface area contributed by atoms with Crippen LogP contribution in [-0.4, -0.2) is 37.1 Å². The van der Waals surface area contributed by atoms with Crippen LogP contribution in [-0.2, 0) is 51.4 Å². The second kappa shape index (κ2) is 11.0. The van der Waals surface area contributed by atoms with Crippen molar-refractivity contribution in [3.63, 3.8) is 0 Å². The Morgan fingerprint density at radius 2 is 0.743 bits per heavy atom. The number of aromatic amines is 3. The summed E-state index contributed by atoms with van der Waals surface area (Å²) in [7, 11) is 0. The lowest BCUT2D eigenvalue weighted by molar-refractivity contribution is 0.0679. The molecule has 3 aromatic heterocycles. The molecule has 0 radical (unpaired) electrons. The summed E-state index contributed by atoms with van der Waals surface area (Å²) in [6.45, 7) is 12.4. The minimum Gasteiger partial charge on any atom is -0.477 e. The van der Waals surface area contributed by atoms with Crippen LogP contribution in [0.1, 0.15) is 119 Å². The molecular weight excluding hydrogens is 442 g/mol. The Kier molecular flexibility index (Phi) is 8.30. The van der Waals surface area contributed by atoms with E-state index in [-0.39, 0.29) is 0 Å². The van der Waals surface area contributed by atoms with Gasteiger partial charge in [-0.05, 0) is 71.9 Å². The van der Waals surface area contributed by atoms with E-state index in [1.165, 1.54) is 11.1 Å². The molecule has 190 valence electrons. The number of aromatic carboxylic acids is 2. The fourth-order valence-corrected chi connectivity index (χ4v) is 5.78. The normalized spacial score (nSPS) is 11.4. The van der Waals surface area contributed by atoms with Crippen molar-refractivity contribution in [3.8, 4) is 0 Å². The van der Waals surface area contributed by atoms with Crippen molar-refractivity contribution in [2.24, 2.45) is 0 Å². The molecule has 0 saturated carbocycles. The van der Waals surface area contributed by atoms with Crippen LogP contribution in [0.25, 0.3) is 0 Å². The Morgan fingerprint density at radius 3 is 1.00 bits per heavy atom. The molecule has 0 unspecified atom stereocenters. The van der Waals surface area contributed by atoms with Crippen molar-refractivity contribution in [2.75, 3.05) is 0 Å². The number of hydrogen-bond donors (Lipinski definition) is 5. The van der Waals surface area contributed by atoms with Gasteiger partial charge in [0.2, 0.25) is 0 Å². The van der Waals surface area contributed by atoms with E-state index in [9.17, 15) is 19.8 Å². The SMILES string of the molecule is CCc1c(Cc2[nH]c(C(=O)O)c(CC)c2CC)[nH]c(Cc2[nH]c(C(=O)O)c(CC)c2CC)c1CC. The van der Waals surface area contributed by atoms with Crippen LogP contribution in [0.2, 0.25) is 0 Å². The zero-order valence-corrected chi connectivity index (χ0v) is 21.9. The van der Waals surface area contributed by atoms with E-state index in [0.717, 1.165) is 70.7 Å². The number of aromatic nitrogens is 3. The molecule has 0 aliphatic rings. The molecule has 7 nitrogen and oxygen atoms in total. The van der Waals surface area contributed by atoms with Gasteiger partial charge in [0.1, 0.15) is 11.4 Å². The van der Waals surface area contributed by atoms with Gasteiger partial charge in [0.25, 0.3) is 0 Å². The molecule has 3 rings (SSSR count). The van der Waals surface area contributed by atoms with E-state index in [2.05, 4.69) is 42.6 Å². The summed E-state index contributed by atoms with van der Waals surface area (Å²) >= 11 is 0. The predicted octanol–water partition coefficient (Wildman–Crippen LogP) is 5.62. The average molecular weight is 482 g/mol. The van der Waals surface area contributed by atoms with Crippen molar-refractivity contribution in [1.29, 1.82) is 0 Å². The molecule has 0 atom stereocenters. The van der Waals surface area contributed by atoms with Crippen LogP contribution in [0.3, 0.4) is 0 Å². The Morgan fingerprint density at radius 1 is 0.486 bits per heavy atom. The van der Waals surface area contributed by atoms with E-state index in [0.29, 0.717) is 37.1 Å². The van der Waals surface area contributed by atoms with Crippen LogP contribution in [0.15, 0.2) is 0 Å². The molecule has 0 bridgehead atoms. The molecule has 0 fully saturated rings. The van der Waals surface area contributed by atoms with E-state index < -0.39 is 11.9 Å². The van der Waals surface area contributed by atoms with E-state index >= 15 is 0 Å². The Hall–Kier alpha value is -3.22. The second-order valence-corrected chi connectivity index (χ2v) is 9.00. The molecule has 7 heteroatoms. The van der Waals surface area contributed by atoms with Crippen LogP contribution in [0.4, 0.5) is 0 Å². The van der Waals surface area contributed by atoms with Crippen molar-refractivity contribution >= 4 is 11.9 Å². The summed E-state index contributed by atoms with van der Waals surface area (Å²) in [5.41, 5.74) is 11.2. The molecule has 0 amide bonds. The Labute approximate surface area is 207 Å². The molecule has 0 spiro atoms. The van der Waals surface area contributed by atoms with Gasteiger partial charge in [-0.25, -0.2) is 9.59 Å². The lowest BCUT2D eigenvalue weighted by atomic mass is 9.97. The van der Waals surface area contributed by atoms with Gasteiger partial charge >= 0.3 is 11.9 Å². The van der Waals surface area contributed by atoms with Crippen LogP contribution >= 0.6 is 0 Å². The highest BCUT2D eigenvalue weighted by Gasteiger charge is 2.24. The summed E-state index contributed by atoms with van der Waals surface area (Å²) in [6, 6.07) is 0. The first-order valence-corrected chi connectivity index (χ1v) is 12.9. The van der Waals surface area contributed by atoms with E-state index in [1.54, 1.807) is 0 Å². The number of carbonyl (C=O) groups is 2. The first kappa shape index (κ1) is 26.4. The Balaban J connectivity index is 2.08. The number of rotatable bonds is 12. The largest absolute Gasteiger partial charge is 0.477 e. The molecule has 0 aliphatic heterocycles. The van der Waals surface area contributed by atoms with Gasteiger partial charge in [-0.3, -0.25) is 0 Å². The highest BCUT2D eigenvalue weighted by Crippen LogP contribution is 2.30. The van der Waals surface area contributed by atoms with Gasteiger partial charge in [0.15, 0.2) is 0 Å². The quantitative estimate of drug-likeness (QED) is 0.230. The minimum atomic E-state index is -0.917. The van der Waals surface area contributed by atoms with E-state index in [1.807, 2.05) is 13.8 Å². The lowest BCUT2D eigenvalue weighted by Crippen LogP contribution is -2.01. The molecule has 3 aromatic rings. The fourth-order valence-electron chi connectivity index (χ4n) is 5.78. The fraction of sp³-hybridized carbons (Fsp3) is 0.500.